The van der Waals surface area contributed by atoms with Crippen molar-refractivity contribution in [1.29, 1.82) is 0 Å². The Bertz CT molecular complexity index is 545. The van der Waals surface area contributed by atoms with Gasteiger partial charge in [-0.2, -0.15) is 5.10 Å². The molecule has 2 aliphatic rings. The smallest absolute Gasteiger partial charge is 0.267 e. The summed E-state index contributed by atoms with van der Waals surface area (Å²) in [6.07, 6.45) is 4.38. The lowest BCUT2D eigenvalue weighted by molar-refractivity contribution is -0.122. The molecule has 1 saturated carbocycles. The summed E-state index contributed by atoms with van der Waals surface area (Å²) in [6.45, 7) is 1.26. The molecule has 0 unspecified atom stereocenters. The van der Waals surface area contributed by atoms with Crippen molar-refractivity contribution in [2.75, 3.05) is 13.2 Å². The molecule has 1 atom stereocenters. The van der Waals surface area contributed by atoms with Gasteiger partial charge in [-0.25, -0.2) is 4.68 Å². The SMILES string of the molecule is O=C(Cn1nc(C2CC2)ccc1=O)NC[C@H]1CCCO1. The third-order valence-corrected chi connectivity index (χ3v) is 3.73. The zero-order valence-corrected chi connectivity index (χ0v) is 11.4. The first-order chi connectivity index (χ1) is 9.72. The molecule has 2 heterocycles. The Balaban J connectivity index is 1.57. The fourth-order valence-electron chi connectivity index (χ4n) is 2.40. The van der Waals surface area contributed by atoms with Gasteiger partial charge in [0.25, 0.3) is 5.56 Å². The molecular weight excluding hydrogens is 258 g/mol. The van der Waals surface area contributed by atoms with Crippen LogP contribution in [-0.2, 0) is 16.1 Å². The quantitative estimate of drug-likeness (QED) is 0.846. The van der Waals surface area contributed by atoms with Crippen molar-refractivity contribution in [3.05, 3.63) is 28.2 Å². The summed E-state index contributed by atoms with van der Waals surface area (Å²) >= 11 is 0. The van der Waals surface area contributed by atoms with Crippen LogP contribution in [0.25, 0.3) is 0 Å². The van der Waals surface area contributed by atoms with Crippen molar-refractivity contribution < 1.29 is 9.53 Å². The van der Waals surface area contributed by atoms with E-state index in [1.807, 2.05) is 0 Å². The number of amides is 1. The highest BCUT2D eigenvalue weighted by Crippen LogP contribution is 2.38. The van der Waals surface area contributed by atoms with Crippen molar-refractivity contribution in [2.24, 2.45) is 0 Å². The maximum absolute atomic E-state index is 11.9. The van der Waals surface area contributed by atoms with Crippen LogP contribution in [0.4, 0.5) is 0 Å². The van der Waals surface area contributed by atoms with Crippen LogP contribution >= 0.6 is 0 Å². The molecule has 108 valence electrons. The summed E-state index contributed by atoms with van der Waals surface area (Å²) < 4.78 is 6.69. The third-order valence-electron chi connectivity index (χ3n) is 3.73. The lowest BCUT2D eigenvalue weighted by atomic mass is 10.2. The average molecular weight is 277 g/mol. The normalized spacial score (nSPS) is 21.9. The van der Waals surface area contributed by atoms with E-state index in [1.165, 1.54) is 10.7 Å². The zero-order valence-electron chi connectivity index (χ0n) is 11.4. The largest absolute Gasteiger partial charge is 0.376 e. The molecule has 20 heavy (non-hydrogen) atoms. The predicted molar refractivity (Wildman–Crippen MR) is 72.5 cm³/mol. The Morgan fingerprint density at radius 3 is 2.95 bits per heavy atom. The highest BCUT2D eigenvalue weighted by atomic mass is 16.5. The molecule has 0 radical (unpaired) electrons. The van der Waals surface area contributed by atoms with E-state index in [9.17, 15) is 9.59 Å². The molecule has 1 aromatic rings. The standard InChI is InChI=1S/C14H19N3O3/c18-13(15-8-11-2-1-7-20-11)9-17-14(19)6-5-12(16-17)10-3-4-10/h5-6,10-11H,1-4,7-9H2,(H,15,18)/t11-/m1/s1. The molecule has 0 bridgehead atoms. The van der Waals surface area contributed by atoms with Gasteiger partial charge in [-0.05, 0) is 31.7 Å². The number of hydrogen-bond acceptors (Lipinski definition) is 4. The molecule has 0 spiro atoms. The molecule has 1 saturated heterocycles. The second kappa shape index (κ2) is 5.75. The highest BCUT2D eigenvalue weighted by molar-refractivity contribution is 5.75. The van der Waals surface area contributed by atoms with Crippen LogP contribution in [0.3, 0.4) is 0 Å². The summed E-state index contributed by atoms with van der Waals surface area (Å²) in [5.41, 5.74) is 0.679. The maximum Gasteiger partial charge on any atom is 0.267 e. The Morgan fingerprint density at radius 2 is 2.25 bits per heavy atom. The number of nitrogens with zero attached hydrogens (tertiary/aromatic N) is 2. The Kier molecular flexibility index (Phi) is 3.82. The summed E-state index contributed by atoms with van der Waals surface area (Å²) in [5, 5.41) is 7.07. The second-order valence-corrected chi connectivity index (χ2v) is 5.47. The van der Waals surface area contributed by atoms with Gasteiger partial charge < -0.3 is 10.1 Å². The number of aromatic nitrogens is 2. The molecule has 1 N–H and O–H groups in total. The summed E-state index contributed by atoms with van der Waals surface area (Å²) in [4.78, 5) is 23.6. The molecule has 1 aliphatic carbocycles. The van der Waals surface area contributed by atoms with Gasteiger partial charge in [-0.1, -0.05) is 0 Å². The number of carbonyl (C=O) groups excluding carboxylic acids is 1. The fourth-order valence-corrected chi connectivity index (χ4v) is 2.40. The molecule has 1 aliphatic heterocycles. The molecular formula is C14H19N3O3. The molecule has 6 nitrogen and oxygen atoms in total. The first-order valence-electron chi connectivity index (χ1n) is 7.19. The molecule has 0 aromatic carbocycles. The van der Waals surface area contributed by atoms with Crippen LogP contribution < -0.4 is 10.9 Å². The van der Waals surface area contributed by atoms with Crippen molar-refractivity contribution in [1.82, 2.24) is 15.1 Å². The first kappa shape index (κ1) is 13.3. The average Bonchev–Trinajstić information content (AvgIpc) is 3.15. The fraction of sp³-hybridized carbons (Fsp3) is 0.643. The van der Waals surface area contributed by atoms with E-state index in [4.69, 9.17) is 4.74 Å². The van der Waals surface area contributed by atoms with E-state index in [0.717, 1.165) is 38.0 Å². The van der Waals surface area contributed by atoms with E-state index in [1.54, 1.807) is 6.07 Å². The number of hydrogen-bond donors (Lipinski definition) is 1. The molecule has 1 amide bonds. The lowest BCUT2D eigenvalue weighted by Gasteiger charge is -2.11. The second-order valence-electron chi connectivity index (χ2n) is 5.47. The van der Waals surface area contributed by atoms with Gasteiger partial charge in [0.2, 0.25) is 5.91 Å². The third kappa shape index (κ3) is 3.25. The monoisotopic (exact) mass is 277 g/mol. The summed E-state index contributed by atoms with van der Waals surface area (Å²) in [7, 11) is 0. The predicted octanol–water partition coefficient (Wildman–Crippen LogP) is 0.416. The van der Waals surface area contributed by atoms with Crippen molar-refractivity contribution >= 4 is 5.91 Å². The summed E-state index contributed by atoms with van der Waals surface area (Å²) in [6, 6.07) is 3.26. The molecule has 1 aromatic heterocycles. The number of ether oxygens (including phenoxy) is 1. The van der Waals surface area contributed by atoms with Crippen LogP contribution in [0.2, 0.25) is 0 Å². The Morgan fingerprint density at radius 1 is 1.40 bits per heavy atom. The zero-order chi connectivity index (χ0) is 13.9. The minimum absolute atomic E-state index is 0.0217. The minimum atomic E-state index is -0.235. The van der Waals surface area contributed by atoms with Gasteiger partial charge >= 0.3 is 0 Å². The molecule has 3 rings (SSSR count). The van der Waals surface area contributed by atoms with Crippen molar-refractivity contribution in [3.63, 3.8) is 0 Å². The number of rotatable bonds is 5. The van der Waals surface area contributed by atoms with E-state index in [2.05, 4.69) is 10.4 Å². The van der Waals surface area contributed by atoms with Crippen molar-refractivity contribution in [3.8, 4) is 0 Å². The van der Waals surface area contributed by atoms with Crippen LogP contribution in [0.15, 0.2) is 16.9 Å². The van der Waals surface area contributed by atoms with Crippen LogP contribution in [0.1, 0.15) is 37.3 Å². The highest BCUT2D eigenvalue weighted by Gasteiger charge is 2.25. The minimum Gasteiger partial charge on any atom is -0.376 e. The van der Waals surface area contributed by atoms with E-state index in [-0.39, 0.29) is 24.1 Å². The number of nitrogens with one attached hydrogen (secondary N) is 1. The lowest BCUT2D eigenvalue weighted by Crippen LogP contribution is -2.37. The molecule has 2 fully saturated rings. The van der Waals surface area contributed by atoms with Crippen molar-refractivity contribution in [2.45, 2.75) is 44.2 Å². The van der Waals surface area contributed by atoms with Gasteiger partial charge in [0.05, 0.1) is 11.8 Å². The van der Waals surface area contributed by atoms with Crippen LogP contribution in [-0.4, -0.2) is 34.9 Å². The topological polar surface area (TPSA) is 73.2 Å². The maximum atomic E-state index is 11.9. The van der Waals surface area contributed by atoms with Gasteiger partial charge in [0.1, 0.15) is 6.54 Å². The number of carbonyl (C=O) groups is 1. The molecule has 6 heteroatoms. The Labute approximate surface area is 117 Å². The Hall–Kier alpha value is -1.69. The van der Waals surface area contributed by atoms with Gasteiger partial charge in [0, 0.05) is 25.1 Å². The van der Waals surface area contributed by atoms with E-state index in [0.29, 0.717) is 12.5 Å². The van der Waals surface area contributed by atoms with Gasteiger partial charge in [-0.3, -0.25) is 9.59 Å². The van der Waals surface area contributed by atoms with Gasteiger partial charge in [-0.15, -0.1) is 0 Å². The summed E-state index contributed by atoms with van der Waals surface area (Å²) in [5.74, 6) is 0.278. The van der Waals surface area contributed by atoms with E-state index < -0.39 is 0 Å². The van der Waals surface area contributed by atoms with Crippen LogP contribution in [0.5, 0.6) is 0 Å². The first-order valence-corrected chi connectivity index (χ1v) is 7.19. The van der Waals surface area contributed by atoms with Crippen LogP contribution in [0, 0.1) is 0 Å². The van der Waals surface area contributed by atoms with Gasteiger partial charge in [0.15, 0.2) is 0 Å². The van der Waals surface area contributed by atoms with E-state index >= 15 is 0 Å².